The Morgan fingerprint density at radius 3 is 2.88 bits per heavy atom. The molecule has 1 N–H and O–H groups in total. The number of nitrogens with one attached hydrogen (secondary N) is 1. The minimum atomic E-state index is 0.670. The molecule has 1 aromatic carbocycles. The summed E-state index contributed by atoms with van der Waals surface area (Å²) in [6.45, 7) is 5.70. The summed E-state index contributed by atoms with van der Waals surface area (Å²) < 4.78 is 6.74. The minimum Gasteiger partial charge on any atom is -0.439 e. The van der Waals surface area contributed by atoms with Crippen LogP contribution < -0.4 is 5.32 Å². The van der Waals surface area contributed by atoms with Crippen molar-refractivity contribution in [2.24, 2.45) is 0 Å². The first-order valence-corrected chi connectivity index (χ1v) is 6.41. The van der Waals surface area contributed by atoms with Crippen molar-refractivity contribution < 1.29 is 4.42 Å². The average molecular weight is 295 g/mol. The Hall–Kier alpha value is -1.13. The van der Waals surface area contributed by atoms with E-state index in [9.17, 15) is 0 Å². The van der Waals surface area contributed by atoms with Gasteiger partial charge < -0.3 is 9.73 Å². The van der Waals surface area contributed by atoms with E-state index in [1.165, 1.54) is 5.56 Å². The van der Waals surface area contributed by atoms with Crippen molar-refractivity contribution in [3.8, 4) is 11.3 Å². The molecule has 4 heteroatoms. The van der Waals surface area contributed by atoms with E-state index in [1.807, 2.05) is 6.07 Å². The number of aromatic nitrogens is 1. The van der Waals surface area contributed by atoms with Gasteiger partial charge in [-0.05, 0) is 37.2 Å². The second-order valence-corrected chi connectivity index (χ2v) is 4.83. The van der Waals surface area contributed by atoms with Crippen LogP contribution in [0.3, 0.4) is 0 Å². The summed E-state index contributed by atoms with van der Waals surface area (Å²) in [4.78, 5) is 4.24. The summed E-state index contributed by atoms with van der Waals surface area (Å²) in [7, 11) is 0. The third-order valence-electron chi connectivity index (χ3n) is 2.41. The van der Waals surface area contributed by atoms with Gasteiger partial charge in [-0.3, -0.25) is 0 Å². The summed E-state index contributed by atoms with van der Waals surface area (Å²) in [6, 6.07) is 6.19. The van der Waals surface area contributed by atoms with Gasteiger partial charge in [0.2, 0.25) is 5.89 Å². The van der Waals surface area contributed by atoms with E-state index in [1.54, 1.807) is 6.20 Å². The molecule has 0 aliphatic rings. The lowest BCUT2D eigenvalue weighted by atomic mass is 10.1. The quantitative estimate of drug-likeness (QED) is 0.937. The van der Waals surface area contributed by atoms with Crippen LogP contribution in [0.1, 0.15) is 18.4 Å². The molecule has 0 radical (unpaired) electrons. The number of oxazole rings is 1. The summed E-state index contributed by atoms with van der Waals surface area (Å²) in [6.07, 6.45) is 1.77. The number of benzene rings is 1. The Labute approximate surface area is 109 Å². The standard InChI is InChI=1S/C13H15BrN2O/c1-3-15-8-13-16-7-12(17-13)10-4-9(2)5-11(14)6-10/h4-7,15H,3,8H2,1-2H3. The van der Waals surface area contributed by atoms with Crippen LogP contribution in [0.5, 0.6) is 0 Å². The van der Waals surface area contributed by atoms with Crippen molar-refractivity contribution >= 4 is 15.9 Å². The van der Waals surface area contributed by atoms with E-state index in [2.05, 4.69) is 52.2 Å². The summed E-state index contributed by atoms with van der Waals surface area (Å²) in [5.74, 6) is 1.53. The average Bonchev–Trinajstić information content (AvgIpc) is 2.73. The first-order chi connectivity index (χ1) is 8.19. The molecule has 2 aromatic rings. The van der Waals surface area contributed by atoms with Crippen LogP contribution in [0.4, 0.5) is 0 Å². The molecule has 0 aliphatic carbocycles. The highest BCUT2D eigenvalue weighted by Gasteiger charge is 2.07. The lowest BCUT2D eigenvalue weighted by Crippen LogP contribution is -2.11. The Kier molecular flexibility index (Phi) is 3.97. The highest BCUT2D eigenvalue weighted by molar-refractivity contribution is 9.10. The third-order valence-corrected chi connectivity index (χ3v) is 2.86. The fraction of sp³-hybridized carbons (Fsp3) is 0.308. The monoisotopic (exact) mass is 294 g/mol. The Morgan fingerprint density at radius 1 is 1.35 bits per heavy atom. The predicted octanol–water partition coefficient (Wildman–Crippen LogP) is 3.52. The smallest absolute Gasteiger partial charge is 0.208 e. The number of aryl methyl sites for hydroxylation is 1. The fourth-order valence-corrected chi connectivity index (χ4v) is 2.24. The molecule has 0 saturated heterocycles. The molecule has 0 saturated carbocycles. The second-order valence-electron chi connectivity index (χ2n) is 3.92. The van der Waals surface area contributed by atoms with Crippen molar-refractivity contribution in [3.05, 3.63) is 40.3 Å². The minimum absolute atomic E-state index is 0.670. The number of rotatable bonds is 4. The summed E-state index contributed by atoms with van der Waals surface area (Å²) in [5.41, 5.74) is 2.24. The maximum Gasteiger partial charge on any atom is 0.208 e. The third kappa shape index (κ3) is 3.17. The highest BCUT2D eigenvalue weighted by Crippen LogP contribution is 2.25. The fourth-order valence-electron chi connectivity index (χ4n) is 1.64. The molecule has 0 aliphatic heterocycles. The van der Waals surface area contributed by atoms with E-state index in [-0.39, 0.29) is 0 Å². The zero-order valence-corrected chi connectivity index (χ0v) is 11.5. The van der Waals surface area contributed by atoms with Crippen LogP contribution in [-0.2, 0) is 6.54 Å². The van der Waals surface area contributed by atoms with E-state index < -0.39 is 0 Å². The zero-order valence-electron chi connectivity index (χ0n) is 9.96. The van der Waals surface area contributed by atoms with E-state index in [4.69, 9.17) is 4.42 Å². The Balaban J connectivity index is 2.24. The van der Waals surface area contributed by atoms with Crippen LogP contribution in [0.15, 0.2) is 33.3 Å². The van der Waals surface area contributed by atoms with E-state index >= 15 is 0 Å². The lowest BCUT2D eigenvalue weighted by molar-refractivity contribution is 0.482. The van der Waals surface area contributed by atoms with E-state index in [0.29, 0.717) is 6.54 Å². The molecule has 1 heterocycles. The molecule has 0 fully saturated rings. The van der Waals surface area contributed by atoms with Gasteiger partial charge in [-0.2, -0.15) is 0 Å². The van der Waals surface area contributed by atoms with Gasteiger partial charge in [0.25, 0.3) is 0 Å². The van der Waals surface area contributed by atoms with Crippen LogP contribution in [0, 0.1) is 6.92 Å². The topological polar surface area (TPSA) is 38.1 Å². The number of hydrogen-bond donors (Lipinski definition) is 1. The molecule has 0 bridgehead atoms. The molecular weight excluding hydrogens is 280 g/mol. The van der Waals surface area contributed by atoms with Gasteiger partial charge in [0.05, 0.1) is 12.7 Å². The van der Waals surface area contributed by atoms with Gasteiger partial charge in [-0.1, -0.05) is 22.9 Å². The number of hydrogen-bond acceptors (Lipinski definition) is 3. The van der Waals surface area contributed by atoms with Gasteiger partial charge in [0.1, 0.15) is 0 Å². The Morgan fingerprint density at radius 2 is 2.18 bits per heavy atom. The molecule has 1 aromatic heterocycles. The molecule has 0 atom stereocenters. The van der Waals surface area contributed by atoms with Gasteiger partial charge in [-0.25, -0.2) is 4.98 Å². The van der Waals surface area contributed by atoms with Crippen LogP contribution in [-0.4, -0.2) is 11.5 Å². The largest absolute Gasteiger partial charge is 0.439 e. The molecule has 0 amide bonds. The molecular formula is C13H15BrN2O. The predicted molar refractivity (Wildman–Crippen MR) is 71.8 cm³/mol. The van der Waals surface area contributed by atoms with Gasteiger partial charge in [-0.15, -0.1) is 0 Å². The molecule has 3 nitrogen and oxygen atoms in total. The normalized spacial score (nSPS) is 10.8. The summed E-state index contributed by atoms with van der Waals surface area (Å²) >= 11 is 3.48. The van der Waals surface area contributed by atoms with Gasteiger partial charge >= 0.3 is 0 Å². The van der Waals surface area contributed by atoms with Crippen molar-refractivity contribution in [1.82, 2.24) is 10.3 Å². The van der Waals surface area contributed by atoms with Gasteiger partial charge in [0, 0.05) is 10.0 Å². The van der Waals surface area contributed by atoms with Crippen molar-refractivity contribution in [3.63, 3.8) is 0 Å². The molecule has 0 spiro atoms. The second kappa shape index (κ2) is 5.47. The van der Waals surface area contributed by atoms with Crippen molar-refractivity contribution in [2.45, 2.75) is 20.4 Å². The van der Waals surface area contributed by atoms with E-state index in [0.717, 1.165) is 28.2 Å². The first-order valence-electron chi connectivity index (χ1n) is 5.62. The number of nitrogens with zero attached hydrogens (tertiary/aromatic N) is 1. The van der Waals surface area contributed by atoms with Crippen LogP contribution >= 0.6 is 15.9 Å². The molecule has 90 valence electrons. The zero-order chi connectivity index (χ0) is 12.3. The van der Waals surface area contributed by atoms with Crippen LogP contribution in [0.2, 0.25) is 0 Å². The highest BCUT2D eigenvalue weighted by atomic mass is 79.9. The maximum absolute atomic E-state index is 5.69. The molecule has 0 unspecified atom stereocenters. The number of halogens is 1. The van der Waals surface area contributed by atoms with Crippen molar-refractivity contribution in [1.29, 1.82) is 0 Å². The maximum atomic E-state index is 5.69. The van der Waals surface area contributed by atoms with Crippen LogP contribution in [0.25, 0.3) is 11.3 Å². The first kappa shape index (κ1) is 12.3. The molecule has 2 rings (SSSR count). The Bertz CT molecular complexity index is 488. The summed E-state index contributed by atoms with van der Waals surface area (Å²) in [5, 5.41) is 3.19. The van der Waals surface area contributed by atoms with Crippen molar-refractivity contribution in [2.75, 3.05) is 6.54 Å². The lowest BCUT2D eigenvalue weighted by Gasteiger charge is -2.00. The molecule has 17 heavy (non-hydrogen) atoms. The SMILES string of the molecule is CCNCc1ncc(-c2cc(C)cc(Br)c2)o1. The van der Waals surface area contributed by atoms with Gasteiger partial charge in [0.15, 0.2) is 5.76 Å².